The molecule has 1 aliphatic rings. The molecule has 0 aliphatic carbocycles. The van der Waals surface area contributed by atoms with Gasteiger partial charge in [0.25, 0.3) is 5.56 Å². The summed E-state index contributed by atoms with van der Waals surface area (Å²) in [4.78, 5) is 37.3. The summed E-state index contributed by atoms with van der Waals surface area (Å²) in [7, 11) is 0.886. The number of halogens is 4. The molecule has 12 heteroatoms. The van der Waals surface area contributed by atoms with Gasteiger partial charge in [0.15, 0.2) is 5.60 Å². The van der Waals surface area contributed by atoms with Crippen LogP contribution in [0.3, 0.4) is 0 Å². The normalized spacial score (nSPS) is 20.3. The lowest BCUT2D eigenvalue weighted by molar-refractivity contribution is -0.348. The van der Waals surface area contributed by atoms with Gasteiger partial charge >= 0.3 is 23.8 Å². The second-order valence-electron chi connectivity index (χ2n) is 7.36. The number of alkyl halides is 3. The fourth-order valence-corrected chi connectivity index (χ4v) is 3.31. The molecule has 3 rings (SSSR count). The highest BCUT2D eigenvalue weighted by Gasteiger charge is 2.56. The Morgan fingerprint density at radius 1 is 1.22 bits per heavy atom. The zero-order chi connectivity index (χ0) is 24.1. The van der Waals surface area contributed by atoms with Crippen molar-refractivity contribution in [3.05, 3.63) is 74.0 Å². The third-order valence-corrected chi connectivity index (χ3v) is 4.98. The second-order valence-corrected chi connectivity index (χ2v) is 7.77. The van der Waals surface area contributed by atoms with E-state index in [0.29, 0.717) is 15.2 Å². The number of hydrogen-bond donors (Lipinski definition) is 0. The number of rotatable bonds is 5. The maximum absolute atomic E-state index is 13.1. The molecule has 1 unspecified atom stereocenters. The molecule has 172 valence electrons. The first-order valence-electron chi connectivity index (χ1n) is 9.12. The van der Waals surface area contributed by atoms with Gasteiger partial charge in [-0.25, -0.2) is 14.2 Å². The van der Waals surface area contributed by atoms with Crippen LogP contribution in [0, 0.1) is 0 Å². The summed E-state index contributed by atoms with van der Waals surface area (Å²) in [5.41, 5.74) is -5.52. The molecule has 8 nitrogen and oxygen atoms in total. The zero-order valence-electron chi connectivity index (χ0n) is 17.2. The Balaban J connectivity index is 2.23. The lowest BCUT2D eigenvalue weighted by Crippen LogP contribution is -2.41. The highest BCUT2D eigenvalue weighted by Crippen LogP contribution is 2.44. The monoisotopic (exact) mass is 474 g/mol. The molecule has 1 saturated heterocycles. The van der Waals surface area contributed by atoms with Gasteiger partial charge in [0.2, 0.25) is 0 Å². The van der Waals surface area contributed by atoms with E-state index in [1.165, 1.54) is 32.1 Å². The molecule has 1 aromatic heterocycles. The van der Waals surface area contributed by atoms with E-state index in [-0.39, 0.29) is 22.9 Å². The fourth-order valence-electron chi connectivity index (χ4n) is 3.08. The van der Waals surface area contributed by atoms with Crippen molar-refractivity contribution in [1.29, 1.82) is 0 Å². The van der Waals surface area contributed by atoms with Gasteiger partial charge < -0.3 is 9.47 Å². The van der Waals surface area contributed by atoms with Crippen molar-refractivity contribution in [1.82, 2.24) is 9.13 Å². The molecule has 0 spiro atoms. The lowest BCUT2D eigenvalue weighted by atomic mass is 10.1. The van der Waals surface area contributed by atoms with Crippen molar-refractivity contribution in [2.75, 3.05) is 6.61 Å². The summed E-state index contributed by atoms with van der Waals surface area (Å²) >= 11 is 6.27. The number of cyclic esters (lactones) is 1. The molecule has 1 aromatic carbocycles. The van der Waals surface area contributed by atoms with Crippen molar-refractivity contribution in [3.63, 3.8) is 0 Å². The average molecular weight is 475 g/mol. The topological polar surface area (TPSA) is 88.8 Å². The Labute approximate surface area is 184 Å². The van der Waals surface area contributed by atoms with Gasteiger partial charge in [-0.05, 0) is 32.0 Å². The Kier molecular flexibility index (Phi) is 5.87. The standard InChI is InChI=1S/C20H18ClF3N2O6/c1-5-8-30-20(31-16(28)18(2,3)32-20)12-9-11(6-7-13(12)21)26-15(27)10-14(19(22,23)24)25(4)17(26)29/h5-7,9-10H,1,8H2,2-4H3. The van der Waals surface area contributed by atoms with E-state index in [1.807, 2.05) is 0 Å². The summed E-state index contributed by atoms with van der Waals surface area (Å²) in [6.07, 6.45) is -3.55. The van der Waals surface area contributed by atoms with Crippen molar-refractivity contribution in [3.8, 4) is 5.69 Å². The SMILES string of the molecule is C=CCOC1(c2cc(-n3c(=O)cc(C(F)(F)F)n(C)c3=O)ccc2Cl)OC(=O)C(C)(C)O1. The third-order valence-electron chi connectivity index (χ3n) is 4.65. The summed E-state index contributed by atoms with van der Waals surface area (Å²) in [6.45, 7) is 6.25. The molecule has 1 fully saturated rings. The van der Waals surface area contributed by atoms with Crippen LogP contribution in [0.15, 0.2) is 46.5 Å². The number of benzene rings is 1. The Hall–Kier alpha value is -2.89. The highest BCUT2D eigenvalue weighted by atomic mass is 35.5. The smallest absolute Gasteiger partial charge is 0.401 e. The van der Waals surface area contributed by atoms with Crippen LogP contribution in [0.5, 0.6) is 0 Å². The summed E-state index contributed by atoms with van der Waals surface area (Å²) < 4.78 is 56.8. The minimum atomic E-state index is -4.91. The quantitative estimate of drug-likeness (QED) is 0.489. The molecular formula is C20H18ClF3N2O6. The number of carbonyl (C=O) groups is 1. The van der Waals surface area contributed by atoms with E-state index >= 15 is 0 Å². The Bertz CT molecular complexity index is 1220. The molecule has 0 N–H and O–H groups in total. The number of hydrogen-bond acceptors (Lipinski definition) is 6. The van der Waals surface area contributed by atoms with Gasteiger partial charge in [-0.2, -0.15) is 13.2 Å². The number of nitrogens with zero attached hydrogens (tertiary/aromatic N) is 2. The zero-order valence-corrected chi connectivity index (χ0v) is 17.9. The molecule has 32 heavy (non-hydrogen) atoms. The fraction of sp³-hybridized carbons (Fsp3) is 0.350. The van der Waals surface area contributed by atoms with E-state index < -0.39 is 40.7 Å². The molecule has 2 heterocycles. The minimum Gasteiger partial charge on any atom is -0.401 e. The van der Waals surface area contributed by atoms with Crippen molar-refractivity contribution < 1.29 is 32.2 Å². The van der Waals surface area contributed by atoms with Gasteiger partial charge in [0.05, 0.1) is 22.9 Å². The van der Waals surface area contributed by atoms with Crippen LogP contribution < -0.4 is 11.2 Å². The predicted molar refractivity (Wildman–Crippen MR) is 106 cm³/mol. The van der Waals surface area contributed by atoms with Crippen LogP contribution >= 0.6 is 11.6 Å². The van der Waals surface area contributed by atoms with E-state index in [9.17, 15) is 27.6 Å². The van der Waals surface area contributed by atoms with Crippen molar-refractivity contribution >= 4 is 17.6 Å². The molecule has 0 bridgehead atoms. The molecular weight excluding hydrogens is 457 g/mol. The number of ether oxygens (including phenoxy) is 3. The van der Waals surface area contributed by atoms with Crippen LogP contribution in [0.1, 0.15) is 25.1 Å². The summed E-state index contributed by atoms with van der Waals surface area (Å²) in [6, 6.07) is 3.97. The Morgan fingerprint density at radius 2 is 1.88 bits per heavy atom. The second kappa shape index (κ2) is 7.91. The number of esters is 1. The molecule has 1 atom stereocenters. The summed E-state index contributed by atoms with van der Waals surface area (Å²) in [5, 5.41) is -0.0138. The van der Waals surface area contributed by atoms with Crippen molar-refractivity contribution in [2.45, 2.75) is 31.6 Å². The van der Waals surface area contributed by atoms with Crippen LogP contribution in [0.2, 0.25) is 5.02 Å². The van der Waals surface area contributed by atoms with Crippen molar-refractivity contribution in [2.24, 2.45) is 7.05 Å². The highest BCUT2D eigenvalue weighted by molar-refractivity contribution is 6.31. The van der Waals surface area contributed by atoms with Crippen LogP contribution in [0.25, 0.3) is 5.69 Å². The van der Waals surface area contributed by atoms with Gasteiger partial charge in [-0.15, -0.1) is 6.58 Å². The lowest BCUT2D eigenvalue weighted by Gasteiger charge is -2.28. The molecule has 1 aliphatic heterocycles. The Morgan fingerprint density at radius 3 is 2.41 bits per heavy atom. The first-order chi connectivity index (χ1) is 14.7. The molecule has 2 aromatic rings. The molecule has 0 saturated carbocycles. The maximum atomic E-state index is 13.1. The average Bonchev–Trinajstić information content (AvgIpc) is 2.92. The third kappa shape index (κ3) is 3.98. The van der Waals surface area contributed by atoms with E-state index in [2.05, 4.69) is 6.58 Å². The minimum absolute atomic E-state index is 0.0138. The first kappa shape index (κ1) is 23.8. The number of carbonyl (C=O) groups excluding carboxylic acids is 1. The van der Waals surface area contributed by atoms with Crippen LogP contribution in [0.4, 0.5) is 13.2 Å². The molecule has 0 amide bonds. The van der Waals surface area contributed by atoms with Crippen LogP contribution in [-0.2, 0) is 38.2 Å². The van der Waals surface area contributed by atoms with E-state index in [1.54, 1.807) is 0 Å². The maximum Gasteiger partial charge on any atom is 0.431 e. The van der Waals surface area contributed by atoms with Gasteiger partial charge in [-0.1, -0.05) is 17.7 Å². The first-order valence-corrected chi connectivity index (χ1v) is 9.50. The van der Waals surface area contributed by atoms with E-state index in [4.69, 9.17) is 25.8 Å². The number of aromatic nitrogens is 2. The molecule has 0 radical (unpaired) electrons. The van der Waals surface area contributed by atoms with E-state index in [0.717, 1.165) is 13.1 Å². The largest absolute Gasteiger partial charge is 0.431 e. The van der Waals surface area contributed by atoms with Gasteiger partial charge in [0, 0.05) is 13.1 Å². The van der Waals surface area contributed by atoms with Crippen LogP contribution in [-0.4, -0.2) is 27.3 Å². The van der Waals surface area contributed by atoms with Gasteiger partial charge in [-0.3, -0.25) is 14.1 Å². The summed E-state index contributed by atoms with van der Waals surface area (Å²) in [5.74, 6) is -2.91. The predicted octanol–water partition coefficient (Wildman–Crippen LogP) is 2.87. The van der Waals surface area contributed by atoms with Gasteiger partial charge in [0.1, 0.15) is 5.69 Å².